The lowest BCUT2D eigenvalue weighted by atomic mass is 10.1. The molecule has 0 aliphatic carbocycles. The number of para-hydroxylation sites is 1. The van der Waals surface area contributed by atoms with Crippen LogP contribution in [0.15, 0.2) is 84.6 Å². The van der Waals surface area contributed by atoms with Gasteiger partial charge in [-0.05, 0) is 41.5 Å². The highest BCUT2D eigenvalue weighted by Gasteiger charge is 2.24. The van der Waals surface area contributed by atoms with Gasteiger partial charge in [0.1, 0.15) is 11.5 Å². The van der Waals surface area contributed by atoms with Crippen LogP contribution in [0.4, 0.5) is 5.69 Å². The summed E-state index contributed by atoms with van der Waals surface area (Å²) in [6.45, 7) is 1.19. The van der Waals surface area contributed by atoms with E-state index >= 15 is 0 Å². The summed E-state index contributed by atoms with van der Waals surface area (Å²) in [6.07, 6.45) is 1.90. The van der Waals surface area contributed by atoms with Gasteiger partial charge in [0.2, 0.25) is 0 Å². The first kappa shape index (κ1) is 17.9. The van der Waals surface area contributed by atoms with Crippen LogP contribution in [0.5, 0.6) is 5.75 Å². The minimum absolute atomic E-state index is 0.328. The molecule has 0 saturated carbocycles. The maximum Gasteiger partial charge on any atom is 0.345 e. The molecule has 3 aromatic rings. The number of carbonyl (C=O) groups is 1. The van der Waals surface area contributed by atoms with Crippen molar-refractivity contribution in [3.63, 3.8) is 0 Å². The summed E-state index contributed by atoms with van der Waals surface area (Å²) >= 11 is 0. The van der Waals surface area contributed by atoms with Crippen LogP contribution < -0.4 is 9.64 Å². The number of benzene rings is 3. The first-order valence-electron chi connectivity index (χ1n) is 9.17. The Bertz CT molecular complexity index is 994. The van der Waals surface area contributed by atoms with E-state index in [1.54, 1.807) is 7.11 Å². The van der Waals surface area contributed by atoms with Gasteiger partial charge in [0, 0.05) is 6.54 Å². The van der Waals surface area contributed by atoms with E-state index in [-0.39, 0.29) is 5.97 Å². The number of ether oxygens (including phenoxy) is 2. The van der Waals surface area contributed by atoms with Crippen molar-refractivity contribution in [1.29, 1.82) is 0 Å². The molecule has 0 bridgehead atoms. The highest BCUT2D eigenvalue weighted by Crippen LogP contribution is 2.29. The van der Waals surface area contributed by atoms with Crippen molar-refractivity contribution < 1.29 is 14.3 Å². The normalized spacial score (nSPS) is 15.0. The molecular formula is C24H21NO3. The predicted molar refractivity (Wildman–Crippen MR) is 110 cm³/mol. The van der Waals surface area contributed by atoms with Gasteiger partial charge in [-0.3, -0.25) is 0 Å². The predicted octanol–water partition coefficient (Wildman–Crippen LogP) is 4.91. The van der Waals surface area contributed by atoms with Gasteiger partial charge in [0.15, 0.2) is 0 Å². The lowest BCUT2D eigenvalue weighted by Gasteiger charge is -2.24. The molecule has 0 fully saturated rings. The largest absolute Gasteiger partial charge is 0.497 e. The third-order valence-electron chi connectivity index (χ3n) is 4.69. The van der Waals surface area contributed by atoms with Crippen molar-refractivity contribution in [2.24, 2.45) is 0 Å². The van der Waals surface area contributed by atoms with Gasteiger partial charge in [0.05, 0.1) is 24.9 Å². The summed E-state index contributed by atoms with van der Waals surface area (Å²) in [4.78, 5) is 14.9. The highest BCUT2D eigenvalue weighted by molar-refractivity contribution is 5.97. The van der Waals surface area contributed by atoms with Crippen LogP contribution in [0.1, 0.15) is 21.5 Å². The third kappa shape index (κ3) is 3.91. The van der Waals surface area contributed by atoms with Crippen molar-refractivity contribution in [1.82, 2.24) is 0 Å². The number of carbonyl (C=O) groups excluding carboxylic acids is 1. The molecule has 1 aliphatic heterocycles. The zero-order chi connectivity index (χ0) is 19.3. The molecule has 3 aromatic carbocycles. The van der Waals surface area contributed by atoms with E-state index in [1.165, 1.54) is 5.56 Å². The molecule has 0 amide bonds. The quantitative estimate of drug-likeness (QED) is 0.611. The minimum Gasteiger partial charge on any atom is -0.497 e. The van der Waals surface area contributed by atoms with Crippen LogP contribution in [0.2, 0.25) is 0 Å². The van der Waals surface area contributed by atoms with Crippen LogP contribution in [0.25, 0.3) is 6.08 Å². The molecule has 4 rings (SSSR count). The minimum atomic E-state index is -0.328. The second-order valence-electron chi connectivity index (χ2n) is 6.63. The average Bonchev–Trinajstić information content (AvgIpc) is 2.86. The van der Waals surface area contributed by atoms with E-state index < -0.39 is 0 Å². The van der Waals surface area contributed by atoms with Crippen molar-refractivity contribution in [2.45, 2.75) is 6.54 Å². The topological polar surface area (TPSA) is 38.8 Å². The second kappa shape index (κ2) is 8.01. The number of esters is 1. The summed E-state index contributed by atoms with van der Waals surface area (Å²) in [7, 11) is 1.64. The molecule has 0 spiro atoms. The maximum atomic E-state index is 12.7. The fraction of sp³-hybridized carbons (Fsp3) is 0.125. The molecule has 0 atom stereocenters. The van der Waals surface area contributed by atoms with Crippen LogP contribution in [0, 0.1) is 0 Å². The number of cyclic esters (lactones) is 1. The van der Waals surface area contributed by atoms with Crippen molar-refractivity contribution in [3.05, 3.63) is 101 Å². The van der Waals surface area contributed by atoms with Crippen LogP contribution in [-0.2, 0) is 11.3 Å². The first-order valence-corrected chi connectivity index (χ1v) is 9.17. The summed E-state index contributed by atoms with van der Waals surface area (Å²) < 4.78 is 10.9. The van der Waals surface area contributed by atoms with E-state index in [0.717, 1.165) is 17.0 Å². The standard InChI is InChI=1S/C24H21NO3/c1-27-20-13-11-18(12-14-20)15-21-17-25(16-19-7-3-2-4-8-19)23-10-6-5-9-22(23)24(26)28-21/h2-15H,16-17H2,1H3/b21-15-. The lowest BCUT2D eigenvalue weighted by molar-refractivity contribution is 0.0632. The second-order valence-corrected chi connectivity index (χ2v) is 6.63. The van der Waals surface area contributed by atoms with E-state index in [4.69, 9.17) is 9.47 Å². The average molecular weight is 371 g/mol. The fourth-order valence-corrected chi connectivity index (χ4v) is 3.31. The molecule has 1 heterocycles. The number of anilines is 1. The van der Waals surface area contributed by atoms with Crippen LogP contribution >= 0.6 is 0 Å². The number of rotatable bonds is 4. The Morgan fingerprint density at radius 1 is 0.964 bits per heavy atom. The molecule has 0 N–H and O–H groups in total. The monoisotopic (exact) mass is 371 g/mol. The number of nitrogens with zero attached hydrogens (tertiary/aromatic N) is 1. The van der Waals surface area contributed by atoms with Gasteiger partial charge in [-0.1, -0.05) is 54.6 Å². The zero-order valence-corrected chi connectivity index (χ0v) is 15.7. The summed E-state index contributed by atoms with van der Waals surface area (Å²) in [5.74, 6) is 1.08. The smallest absolute Gasteiger partial charge is 0.345 e. The third-order valence-corrected chi connectivity index (χ3v) is 4.69. The van der Waals surface area contributed by atoms with Crippen molar-refractivity contribution in [2.75, 3.05) is 18.6 Å². The Hall–Kier alpha value is -3.53. The first-order chi connectivity index (χ1) is 13.7. The molecule has 0 saturated heterocycles. The van der Waals surface area contributed by atoms with E-state index in [9.17, 15) is 4.79 Å². The number of fused-ring (bicyclic) bond motifs is 1. The summed E-state index contributed by atoms with van der Waals surface area (Å²) in [6, 6.07) is 25.5. The number of methoxy groups -OCH3 is 1. The van der Waals surface area contributed by atoms with Gasteiger partial charge >= 0.3 is 5.97 Å². The Balaban J connectivity index is 1.69. The van der Waals surface area contributed by atoms with Gasteiger partial charge in [0.25, 0.3) is 0 Å². The van der Waals surface area contributed by atoms with Gasteiger partial charge in [-0.25, -0.2) is 4.79 Å². The molecule has 1 aliphatic rings. The molecule has 0 aromatic heterocycles. The Labute approximate surface area is 164 Å². The zero-order valence-electron chi connectivity index (χ0n) is 15.7. The van der Waals surface area contributed by atoms with Gasteiger partial charge in [-0.2, -0.15) is 0 Å². The fourth-order valence-electron chi connectivity index (χ4n) is 3.31. The van der Waals surface area contributed by atoms with E-state index in [2.05, 4.69) is 17.0 Å². The Morgan fingerprint density at radius 3 is 2.43 bits per heavy atom. The van der Waals surface area contributed by atoms with Gasteiger partial charge < -0.3 is 14.4 Å². The van der Waals surface area contributed by atoms with Crippen LogP contribution in [0.3, 0.4) is 0 Å². The highest BCUT2D eigenvalue weighted by atomic mass is 16.5. The van der Waals surface area contributed by atoms with Crippen LogP contribution in [-0.4, -0.2) is 19.6 Å². The van der Waals surface area contributed by atoms with E-state index in [0.29, 0.717) is 24.4 Å². The number of hydrogen-bond donors (Lipinski definition) is 0. The van der Waals surface area contributed by atoms with Gasteiger partial charge in [-0.15, -0.1) is 0 Å². The molecule has 4 heteroatoms. The van der Waals surface area contributed by atoms with E-state index in [1.807, 2.05) is 72.8 Å². The molecular weight excluding hydrogens is 350 g/mol. The molecule has 0 radical (unpaired) electrons. The maximum absolute atomic E-state index is 12.7. The molecule has 28 heavy (non-hydrogen) atoms. The molecule has 0 unspecified atom stereocenters. The summed E-state index contributed by atoms with van der Waals surface area (Å²) in [5.41, 5.74) is 3.59. The Kier molecular flexibility index (Phi) is 5.11. The lowest BCUT2D eigenvalue weighted by Crippen LogP contribution is -2.24. The number of hydrogen-bond acceptors (Lipinski definition) is 4. The van der Waals surface area contributed by atoms with Crippen molar-refractivity contribution >= 4 is 17.7 Å². The molecule has 4 nitrogen and oxygen atoms in total. The SMILES string of the molecule is COc1ccc(/C=C2/CN(Cc3ccccc3)c3ccccc3C(=O)O2)cc1. The Morgan fingerprint density at radius 2 is 1.68 bits per heavy atom. The van der Waals surface area contributed by atoms with Crippen molar-refractivity contribution in [3.8, 4) is 5.75 Å². The summed E-state index contributed by atoms with van der Waals surface area (Å²) in [5, 5.41) is 0. The molecule has 140 valence electrons.